The fourth-order valence-corrected chi connectivity index (χ4v) is 3.56. The summed E-state index contributed by atoms with van der Waals surface area (Å²) in [7, 11) is 0. The highest BCUT2D eigenvalue weighted by Gasteiger charge is 2.06. The van der Waals surface area contributed by atoms with Gasteiger partial charge in [0.2, 0.25) is 5.95 Å². The van der Waals surface area contributed by atoms with Crippen LogP contribution in [0.5, 0.6) is 0 Å². The molecule has 0 aliphatic rings. The number of H-pyrrole nitrogens is 2. The van der Waals surface area contributed by atoms with Crippen LogP contribution >= 0.6 is 11.8 Å². The number of thioether (sulfide) groups is 1. The topological polar surface area (TPSA) is 112 Å². The molecule has 8 nitrogen and oxygen atoms in total. The number of aryl methyl sites for hydroxylation is 3. The molecule has 9 heteroatoms. The highest BCUT2D eigenvalue weighted by molar-refractivity contribution is 7.98. The number of nitrogens with one attached hydrogen (secondary N) is 3. The predicted molar refractivity (Wildman–Crippen MR) is 112 cm³/mol. The number of anilines is 1. The van der Waals surface area contributed by atoms with Crippen LogP contribution in [0.3, 0.4) is 0 Å². The molecule has 0 saturated heterocycles. The Morgan fingerprint density at radius 3 is 2.79 bits per heavy atom. The second kappa shape index (κ2) is 10.6. The number of nitrogens with zero attached hydrogens (tertiary/aromatic N) is 4. The average molecular weight is 400 g/mol. The molecular weight excluding hydrogens is 374 g/mol. The van der Waals surface area contributed by atoms with Gasteiger partial charge >= 0.3 is 0 Å². The summed E-state index contributed by atoms with van der Waals surface area (Å²) in [5.74, 6) is 2.15. The molecule has 148 valence electrons. The van der Waals surface area contributed by atoms with Crippen LogP contribution in [-0.2, 0) is 18.6 Å². The lowest BCUT2D eigenvalue weighted by Crippen LogP contribution is -2.20. The Morgan fingerprint density at radius 2 is 2.04 bits per heavy atom. The molecule has 0 aliphatic heterocycles. The number of unbranched alkanes of at least 4 members (excludes halogenated alkanes) is 1. The van der Waals surface area contributed by atoms with E-state index in [9.17, 15) is 4.79 Å². The van der Waals surface area contributed by atoms with Gasteiger partial charge in [-0.3, -0.25) is 9.78 Å². The number of hydrogen-bond donors (Lipinski definition) is 3. The lowest BCUT2D eigenvalue weighted by atomic mass is 10.1. The third-order valence-corrected chi connectivity index (χ3v) is 5.26. The van der Waals surface area contributed by atoms with Crippen molar-refractivity contribution in [3.05, 3.63) is 63.9 Å². The quantitative estimate of drug-likeness (QED) is 0.425. The second-order valence-electron chi connectivity index (χ2n) is 6.42. The highest BCUT2D eigenvalue weighted by atomic mass is 32.2. The van der Waals surface area contributed by atoms with Crippen molar-refractivity contribution in [3.8, 4) is 0 Å². The molecule has 0 aliphatic carbocycles. The van der Waals surface area contributed by atoms with Crippen LogP contribution in [0.15, 0.2) is 35.5 Å². The summed E-state index contributed by atoms with van der Waals surface area (Å²) in [5, 5.41) is 10.1. The Bertz CT molecular complexity index is 910. The van der Waals surface area contributed by atoms with Gasteiger partial charge in [0.05, 0.1) is 12.0 Å². The van der Waals surface area contributed by atoms with Crippen molar-refractivity contribution in [3.63, 3.8) is 0 Å². The maximum atomic E-state index is 12.1. The molecule has 3 aromatic rings. The van der Waals surface area contributed by atoms with Gasteiger partial charge in [-0.2, -0.15) is 21.8 Å². The van der Waals surface area contributed by atoms with Crippen molar-refractivity contribution in [2.45, 2.75) is 38.4 Å². The number of rotatable bonds is 11. The van der Waals surface area contributed by atoms with E-state index in [1.54, 1.807) is 24.3 Å². The molecule has 0 aromatic carbocycles. The van der Waals surface area contributed by atoms with Crippen LogP contribution in [0.2, 0.25) is 0 Å². The van der Waals surface area contributed by atoms with Gasteiger partial charge < -0.3 is 10.3 Å². The number of hydrogen-bond acceptors (Lipinski definition) is 7. The molecule has 3 N–H and O–H groups in total. The van der Waals surface area contributed by atoms with Crippen LogP contribution in [0.4, 0.5) is 5.95 Å². The molecule has 0 bridgehead atoms. The molecule has 0 fully saturated rings. The minimum atomic E-state index is -0.265. The van der Waals surface area contributed by atoms with Crippen molar-refractivity contribution in [2.75, 3.05) is 17.6 Å². The second-order valence-corrected chi connectivity index (χ2v) is 7.52. The predicted octanol–water partition coefficient (Wildman–Crippen LogP) is 2.50. The third kappa shape index (κ3) is 6.19. The van der Waals surface area contributed by atoms with Gasteiger partial charge in [-0.15, -0.1) is 0 Å². The van der Waals surface area contributed by atoms with E-state index in [1.165, 1.54) is 0 Å². The zero-order valence-electron chi connectivity index (χ0n) is 15.9. The molecule has 3 heterocycles. The van der Waals surface area contributed by atoms with E-state index in [2.05, 4.69) is 35.5 Å². The van der Waals surface area contributed by atoms with E-state index in [1.807, 2.05) is 25.1 Å². The van der Waals surface area contributed by atoms with E-state index in [0.717, 1.165) is 47.8 Å². The van der Waals surface area contributed by atoms with Gasteiger partial charge in [-0.25, -0.2) is 10.1 Å². The van der Waals surface area contributed by atoms with E-state index in [-0.39, 0.29) is 5.56 Å². The standard InChI is InChI=1S/C19H25N7OS/c1-14-17(23-13-22-14)12-28-11-10-21-19-24-18(27)16(25-26-19)8-3-2-6-15-7-4-5-9-20-15/h4-5,7,9,13H,2-3,6,8,10-12H2,1H3,(H,22,23)(H2,21,24,26,27). The minimum Gasteiger partial charge on any atom is -0.354 e. The Balaban J connectivity index is 1.35. The van der Waals surface area contributed by atoms with Crippen LogP contribution < -0.4 is 10.9 Å². The molecule has 0 amide bonds. The zero-order chi connectivity index (χ0) is 19.6. The third-order valence-electron chi connectivity index (χ3n) is 4.29. The summed E-state index contributed by atoms with van der Waals surface area (Å²) in [6.07, 6.45) is 6.88. The summed E-state index contributed by atoms with van der Waals surface area (Å²) < 4.78 is 0. The van der Waals surface area contributed by atoms with Gasteiger partial charge in [0.15, 0.2) is 0 Å². The maximum absolute atomic E-state index is 12.1. The molecule has 0 radical (unpaired) electrons. The first-order chi connectivity index (χ1) is 13.7. The van der Waals surface area contributed by atoms with Crippen LogP contribution in [0.1, 0.15) is 35.6 Å². The molecule has 28 heavy (non-hydrogen) atoms. The summed E-state index contributed by atoms with van der Waals surface area (Å²) in [6, 6.07) is 5.91. The molecular formula is C19H25N7OS. The molecule has 0 atom stereocenters. The van der Waals surface area contributed by atoms with Crippen LogP contribution in [0, 0.1) is 6.92 Å². The summed E-state index contributed by atoms with van der Waals surface area (Å²) in [4.78, 5) is 27.8. The van der Waals surface area contributed by atoms with Gasteiger partial charge in [-0.1, -0.05) is 6.07 Å². The largest absolute Gasteiger partial charge is 0.354 e. The SMILES string of the molecule is Cc1[nH]cnc1CSCCNc1nc(=O)c(CCCCc2ccccn2)n[nH]1. The van der Waals surface area contributed by atoms with Gasteiger partial charge in [0.25, 0.3) is 5.56 Å². The molecule has 0 spiro atoms. The van der Waals surface area contributed by atoms with Crippen molar-refractivity contribution in [1.29, 1.82) is 0 Å². The summed E-state index contributed by atoms with van der Waals surface area (Å²) >= 11 is 1.77. The van der Waals surface area contributed by atoms with Crippen molar-refractivity contribution in [1.82, 2.24) is 30.1 Å². The monoisotopic (exact) mass is 399 g/mol. The normalized spacial score (nSPS) is 10.9. The minimum absolute atomic E-state index is 0.265. The molecule has 3 rings (SSSR count). The van der Waals surface area contributed by atoms with E-state index >= 15 is 0 Å². The fourth-order valence-electron chi connectivity index (χ4n) is 2.69. The number of pyridine rings is 1. The van der Waals surface area contributed by atoms with Crippen molar-refractivity contribution < 1.29 is 0 Å². The number of imidazole rings is 1. The van der Waals surface area contributed by atoms with E-state index in [4.69, 9.17) is 0 Å². The first-order valence-corrected chi connectivity index (χ1v) is 10.5. The lowest BCUT2D eigenvalue weighted by molar-refractivity contribution is 0.694. The van der Waals surface area contributed by atoms with Gasteiger partial charge in [-0.05, 0) is 44.7 Å². The average Bonchev–Trinajstić information content (AvgIpc) is 3.12. The van der Waals surface area contributed by atoms with Gasteiger partial charge in [0, 0.05) is 35.6 Å². The van der Waals surface area contributed by atoms with Crippen LogP contribution in [-0.4, -0.2) is 42.4 Å². The molecule has 3 aromatic heterocycles. The van der Waals surface area contributed by atoms with Crippen molar-refractivity contribution >= 4 is 17.7 Å². The summed E-state index contributed by atoms with van der Waals surface area (Å²) in [6.45, 7) is 2.71. The van der Waals surface area contributed by atoms with E-state index in [0.29, 0.717) is 24.6 Å². The number of aromatic amines is 2. The van der Waals surface area contributed by atoms with Crippen LogP contribution in [0.25, 0.3) is 0 Å². The van der Waals surface area contributed by atoms with Gasteiger partial charge in [0.1, 0.15) is 5.69 Å². The first kappa shape index (κ1) is 20.1. The number of aromatic nitrogens is 6. The highest BCUT2D eigenvalue weighted by Crippen LogP contribution is 2.12. The Hall–Kier alpha value is -2.68. The zero-order valence-corrected chi connectivity index (χ0v) is 16.8. The molecule has 0 unspecified atom stereocenters. The molecule has 0 saturated carbocycles. The Kier molecular flexibility index (Phi) is 7.60. The Labute approximate surface area is 168 Å². The fraction of sp³-hybridized carbons (Fsp3) is 0.421. The Morgan fingerprint density at radius 1 is 1.14 bits per heavy atom. The van der Waals surface area contributed by atoms with E-state index < -0.39 is 0 Å². The summed E-state index contributed by atoms with van der Waals surface area (Å²) in [5.41, 5.74) is 3.47. The maximum Gasteiger partial charge on any atom is 0.296 e. The van der Waals surface area contributed by atoms with Crippen molar-refractivity contribution in [2.24, 2.45) is 0 Å². The smallest absolute Gasteiger partial charge is 0.296 e. The first-order valence-electron chi connectivity index (χ1n) is 9.38. The lowest BCUT2D eigenvalue weighted by Gasteiger charge is -2.05.